The Balaban J connectivity index is 2.20. The third-order valence-electron chi connectivity index (χ3n) is 2.74. The normalized spacial score (nSPS) is 10.7. The van der Waals surface area contributed by atoms with E-state index in [0.717, 1.165) is 41.7 Å². The Hall–Kier alpha value is -1.61. The van der Waals surface area contributed by atoms with Gasteiger partial charge in [0.25, 0.3) is 0 Å². The van der Waals surface area contributed by atoms with Crippen molar-refractivity contribution in [3.05, 3.63) is 36.0 Å². The van der Waals surface area contributed by atoms with Crippen molar-refractivity contribution in [2.75, 3.05) is 18.5 Å². The fourth-order valence-corrected chi connectivity index (χ4v) is 1.91. The SMILES string of the molecule is Cc1cc(NCCCCO)c2ccccc2n1. The topological polar surface area (TPSA) is 45.1 Å². The minimum Gasteiger partial charge on any atom is -0.396 e. The highest BCUT2D eigenvalue weighted by Crippen LogP contribution is 2.22. The summed E-state index contributed by atoms with van der Waals surface area (Å²) in [6.07, 6.45) is 1.82. The van der Waals surface area contributed by atoms with Crippen molar-refractivity contribution in [3.8, 4) is 0 Å². The molecule has 0 fully saturated rings. The summed E-state index contributed by atoms with van der Waals surface area (Å²) in [4.78, 5) is 4.50. The van der Waals surface area contributed by atoms with E-state index in [0.29, 0.717) is 0 Å². The number of hydrogen-bond donors (Lipinski definition) is 2. The number of unbranched alkanes of at least 4 members (excludes halogenated alkanes) is 1. The van der Waals surface area contributed by atoms with Crippen LogP contribution >= 0.6 is 0 Å². The number of hydrogen-bond acceptors (Lipinski definition) is 3. The van der Waals surface area contributed by atoms with Crippen molar-refractivity contribution in [2.24, 2.45) is 0 Å². The van der Waals surface area contributed by atoms with Gasteiger partial charge in [-0.1, -0.05) is 18.2 Å². The summed E-state index contributed by atoms with van der Waals surface area (Å²) >= 11 is 0. The molecule has 1 heterocycles. The molecule has 2 aromatic rings. The summed E-state index contributed by atoms with van der Waals surface area (Å²) in [5.41, 5.74) is 3.18. The number of pyridine rings is 1. The summed E-state index contributed by atoms with van der Waals surface area (Å²) in [6.45, 7) is 3.15. The monoisotopic (exact) mass is 230 g/mol. The van der Waals surface area contributed by atoms with Gasteiger partial charge in [-0.2, -0.15) is 0 Å². The van der Waals surface area contributed by atoms with Crippen molar-refractivity contribution in [3.63, 3.8) is 0 Å². The van der Waals surface area contributed by atoms with Gasteiger partial charge in [-0.25, -0.2) is 0 Å². The van der Waals surface area contributed by atoms with Crippen LogP contribution in [-0.2, 0) is 0 Å². The van der Waals surface area contributed by atoms with Crippen molar-refractivity contribution in [1.82, 2.24) is 4.98 Å². The average Bonchev–Trinajstić information content (AvgIpc) is 2.34. The number of benzene rings is 1. The molecule has 2 rings (SSSR count). The second kappa shape index (κ2) is 5.64. The number of nitrogens with one attached hydrogen (secondary N) is 1. The lowest BCUT2D eigenvalue weighted by Crippen LogP contribution is -2.03. The molecule has 0 atom stereocenters. The van der Waals surface area contributed by atoms with Crippen molar-refractivity contribution < 1.29 is 5.11 Å². The predicted octanol–water partition coefficient (Wildman–Crippen LogP) is 2.73. The number of aliphatic hydroxyl groups is 1. The second-order valence-electron chi connectivity index (χ2n) is 4.19. The van der Waals surface area contributed by atoms with E-state index in [2.05, 4.69) is 22.4 Å². The minimum absolute atomic E-state index is 0.262. The first kappa shape index (κ1) is 11.9. The minimum atomic E-state index is 0.262. The molecule has 3 heteroatoms. The third-order valence-corrected chi connectivity index (χ3v) is 2.74. The Labute approximate surface area is 102 Å². The summed E-state index contributed by atoms with van der Waals surface area (Å²) < 4.78 is 0. The van der Waals surface area contributed by atoms with E-state index in [1.54, 1.807) is 0 Å². The van der Waals surface area contributed by atoms with Gasteiger partial charge in [0.05, 0.1) is 5.52 Å². The Morgan fingerprint density at radius 2 is 2.06 bits per heavy atom. The number of para-hydroxylation sites is 1. The van der Waals surface area contributed by atoms with Crippen LogP contribution in [0.5, 0.6) is 0 Å². The lowest BCUT2D eigenvalue weighted by atomic mass is 10.1. The first-order chi connectivity index (χ1) is 8.31. The molecule has 0 unspecified atom stereocenters. The van der Waals surface area contributed by atoms with Crippen LogP contribution in [0.3, 0.4) is 0 Å². The van der Waals surface area contributed by atoms with Crippen LogP contribution in [0.15, 0.2) is 30.3 Å². The van der Waals surface area contributed by atoms with E-state index in [1.807, 2.05) is 25.1 Å². The van der Waals surface area contributed by atoms with Gasteiger partial charge >= 0.3 is 0 Å². The summed E-state index contributed by atoms with van der Waals surface area (Å²) in [5, 5.41) is 13.3. The molecular formula is C14H18N2O. The van der Waals surface area contributed by atoms with Gasteiger partial charge in [-0.05, 0) is 31.9 Å². The lowest BCUT2D eigenvalue weighted by molar-refractivity contribution is 0.286. The zero-order chi connectivity index (χ0) is 12.1. The van der Waals surface area contributed by atoms with E-state index >= 15 is 0 Å². The molecule has 90 valence electrons. The average molecular weight is 230 g/mol. The van der Waals surface area contributed by atoms with Crippen molar-refractivity contribution in [2.45, 2.75) is 19.8 Å². The Bertz CT molecular complexity index is 497. The molecule has 0 spiro atoms. The summed E-state index contributed by atoms with van der Waals surface area (Å²) in [6, 6.07) is 10.2. The highest BCUT2D eigenvalue weighted by molar-refractivity contribution is 5.91. The van der Waals surface area contributed by atoms with E-state index < -0.39 is 0 Å². The first-order valence-electron chi connectivity index (χ1n) is 6.02. The van der Waals surface area contributed by atoms with Gasteiger partial charge in [0.15, 0.2) is 0 Å². The van der Waals surface area contributed by atoms with Gasteiger partial charge < -0.3 is 10.4 Å². The van der Waals surface area contributed by atoms with Crippen LogP contribution in [0, 0.1) is 6.92 Å². The smallest absolute Gasteiger partial charge is 0.0725 e. The third kappa shape index (κ3) is 2.94. The molecule has 0 saturated carbocycles. The zero-order valence-electron chi connectivity index (χ0n) is 10.1. The quantitative estimate of drug-likeness (QED) is 0.776. The Morgan fingerprint density at radius 3 is 2.88 bits per heavy atom. The van der Waals surface area contributed by atoms with Crippen LogP contribution in [0.25, 0.3) is 10.9 Å². The largest absolute Gasteiger partial charge is 0.396 e. The molecule has 2 N–H and O–H groups in total. The molecule has 1 aromatic carbocycles. The first-order valence-corrected chi connectivity index (χ1v) is 6.02. The number of rotatable bonds is 5. The molecule has 17 heavy (non-hydrogen) atoms. The predicted molar refractivity (Wildman–Crippen MR) is 71.3 cm³/mol. The molecule has 0 aliphatic heterocycles. The number of aliphatic hydroxyl groups excluding tert-OH is 1. The molecule has 0 amide bonds. The molecule has 0 aliphatic rings. The van der Waals surface area contributed by atoms with E-state index in [-0.39, 0.29) is 6.61 Å². The van der Waals surface area contributed by atoms with Crippen LogP contribution in [0.2, 0.25) is 0 Å². The van der Waals surface area contributed by atoms with E-state index in [1.165, 1.54) is 0 Å². The molecule has 3 nitrogen and oxygen atoms in total. The van der Waals surface area contributed by atoms with Crippen LogP contribution in [0.1, 0.15) is 18.5 Å². The summed E-state index contributed by atoms with van der Waals surface area (Å²) in [5.74, 6) is 0. The highest BCUT2D eigenvalue weighted by atomic mass is 16.2. The molecule has 0 radical (unpaired) electrons. The second-order valence-corrected chi connectivity index (χ2v) is 4.19. The van der Waals surface area contributed by atoms with E-state index in [4.69, 9.17) is 5.11 Å². The molecule has 0 bridgehead atoms. The fraction of sp³-hybridized carbons (Fsp3) is 0.357. The van der Waals surface area contributed by atoms with Crippen LogP contribution < -0.4 is 5.32 Å². The van der Waals surface area contributed by atoms with E-state index in [9.17, 15) is 0 Å². The standard InChI is InChI=1S/C14H18N2O/c1-11-10-14(15-8-4-5-9-17)12-6-2-3-7-13(12)16-11/h2-3,6-7,10,17H,4-5,8-9H2,1H3,(H,15,16). The zero-order valence-corrected chi connectivity index (χ0v) is 10.1. The Kier molecular flexibility index (Phi) is 3.94. The maximum Gasteiger partial charge on any atom is 0.0725 e. The fourth-order valence-electron chi connectivity index (χ4n) is 1.91. The number of fused-ring (bicyclic) bond motifs is 1. The van der Waals surface area contributed by atoms with Gasteiger partial charge in [-0.3, -0.25) is 4.98 Å². The number of anilines is 1. The maximum atomic E-state index is 8.74. The van der Waals surface area contributed by atoms with Gasteiger partial charge in [-0.15, -0.1) is 0 Å². The highest BCUT2D eigenvalue weighted by Gasteiger charge is 2.02. The van der Waals surface area contributed by atoms with Crippen molar-refractivity contribution in [1.29, 1.82) is 0 Å². The number of aryl methyl sites for hydroxylation is 1. The van der Waals surface area contributed by atoms with Gasteiger partial charge in [0.2, 0.25) is 0 Å². The number of aromatic nitrogens is 1. The molecule has 0 saturated heterocycles. The van der Waals surface area contributed by atoms with Gasteiger partial charge in [0, 0.05) is 29.9 Å². The lowest BCUT2D eigenvalue weighted by Gasteiger charge is -2.10. The molecule has 1 aromatic heterocycles. The molecular weight excluding hydrogens is 212 g/mol. The van der Waals surface area contributed by atoms with Crippen LogP contribution in [-0.4, -0.2) is 23.2 Å². The molecule has 0 aliphatic carbocycles. The Morgan fingerprint density at radius 1 is 1.24 bits per heavy atom. The summed E-state index contributed by atoms with van der Waals surface area (Å²) in [7, 11) is 0. The van der Waals surface area contributed by atoms with Gasteiger partial charge in [0.1, 0.15) is 0 Å². The van der Waals surface area contributed by atoms with Crippen LogP contribution in [0.4, 0.5) is 5.69 Å². The maximum absolute atomic E-state index is 8.74. The number of nitrogens with zero attached hydrogens (tertiary/aromatic N) is 1. The van der Waals surface area contributed by atoms with Crippen molar-refractivity contribution >= 4 is 16.6 Å².